The van der Waals surface area contributed by atoms with E-state index >= 15 is 0 Å². The second-order valence-electron chi connectivity index (χ2n) is 6.73. The van der Waals surface area contributed by atoms with Crippen molar-refractivity contribution in [3.05, 3.63) is 0 Å². The lowest BCUT2D eigenvalue weighted by atomic mass is 10.2. The zero-order chi connectivity index (χ0) is 13.9. The third-order valence-electron chi connectivity index (χ3n) is 3.25. The Morgan fingerprint density at radius 1 is 0.941 bits per heavy atom. The number of hydrogen-bond acceptors (Lipinski definition) is 3. The summed E-state index contributed by atoms with van der Waals surface area (Å²) < 4.78 is 6.17. The van der Waals surface area contributed by atoms with E-state index in [1.54, 1.807) is 0 Å². The Hall–Kier alpha value is 0.877. The highest BCUT2D eigenvalue weighted by Crippen LogP contribution is 2.50. The molecule has 4 heteroatoms. The van der Waals surface area contributed by atoms with Gasteiger partial charge < -0.3 is 4.74 Å². The smallest absolute Gasteiger partial charge is 0.116 e. The zero-order valence-corrected chi connectivity index (χ0v) is 15.6. The van der Waals surface area contributed by atoms with Gasteiger partial charge in [0.15, 0.2) is 0 Å². The number of hydrogen-bond donors (Lipinski definition) is 0. The molecule has 0 aromatic carbocycles. The average molecular weight is 295 g/mol. The monoisotopic (exact) mass is 294 g/mol. The van der Waals surface area contributed by atoms with E-state index < -0.39 is 8.07 Å². The van der Waals surface area contributed by atoms with Crippen LogP contribution in [0.15, 0.2) is 0 Å². The summed E-state index contributed by atoms with van der Waals surface area (Å²) in [4.78, 5) is 0. The van der Waals surface area contributed by atoms with Crippen molar-refractivity contribution in [1.82, 2.24) is 0 Å². The predicted molar refractivity (Wildman–Crippen MR) is 87.7 cm³/mol. The van der Waals surface area contributed by atoms with Crippen LogP contribution in [0.25, 0.3) is 0 Å². The molecular formula is C13H30OS2Si. The highest BCUT2D eigenvalue weighted by atomic mass is 33.1. The van der Waals surface area contributed by atoms with Crippen LogP contribution in [-0.4, -0.2) is 24.9 Å². The predicted octanol–water partition coefficient (Wildman–Crippen LogP) is 5.65. The maximum atomic E-state index is 6.17. The van der Waals surface area contributed by atoms with Crippen LogP contribution in [0, 0.1) is 0 Å². The molecule has 0 bridgehead atoms. The Bertz CT molecular complexity index is 222. The lowest BCUT2D eigenvalue weighted by Crippen LogP contribution is -2.43. The summed E-state index contributed by atoms with van der Waals surface area (Å²) in [6, 6.07) is 0. The molecule has 0 saturated heterocycles. The molecule has 0 aromatic heterocycles. The highest BCUT2D eigenvalue weighted by Gasteiger charge is 2.43. The molecule has 1 nitrogen and oxygen atoms in total. The quantitative estimate of drug-likeness (QED) is 0.341. The second kappa shape index (κ2) is 6.87. The van der Waals surface area contributed by atoms with Gasteiger partial charge in [-0.15, -0.1) is 0 Å². The minimum absolute atomic E-state index is 0.282. The minimum atomic E-state index is -1.25. The topological polar surface area (TPSA) is 9.23 Å². The van der Waals surface area contributed by atoms with E-state index in [2.05, 4.69) is 61.2 Å². The van der Waals surface area contributed by atoms with Crippen LogP contribution >= 0.6 is 21.6 Å². The van der Waals surface area contributed by atoms with Crippen LogP contribution in [0.5, 0.6) is 0 Å². The van der Waals surface area contributed by atoms with Crippen LogP contribution in [0.3, 0.4) is 0 Å². The van der Waals surface area contributed by atoms with Crippen LogP contribution in [-0.2, 0) is 4.74 Å². The molecule has 0 aromatic rings. The van der Waals surface area contributed by atoms with E-state index in [-0.39, 0.29) is 5.04 Å². The molecule has 0 amide bonds. The standard InChI is InChI=1S/C13H30OS2Si/c1-10(2)14-12(16-15-11(3)4)13(5,6)17(7,8)9/h10-12H,1-9H3. The van der Waals surface area contributed by atoms with E-state index in [0.717, 1.165) is 0 Å². The van der Waals surface area contributed by atoms with Crippen molar-refractivity contribution in [3.8, 4) is 0 Å². The third kappa shape index (κ3) is 6.04. The molecule has 1 atom stereocenters. The SMILES string of the molecule is CC(C)OC(SSC(C)C)C(C)(C)[Si](C)(C)C. The largest absolute Gasteiger partial charge is 0.364 e. The molecule has 0 fully saturated rings. The molecule has 0 aliphatic heterocycles. The van der Waals surface area contributed by atoms with Gasteiger partial charge in [0.2, 0.25) is 0 Å². The van der Waals surface area contributed by atoms with Crippen molar-refractivity contribution >= 4 is 29.7 Å². The Morgan fingerprint density at radius 2 is 1.41 bits per heavy atom. The van der Waals surface area contributed by atoms with Gasteiger partial charge >= 0.3 is 0 Å². The number of rotatable bonds is 7. The lowest BCUT2D eigenvalue weighted by Gasteiger charge is -2.43. The van der Waals surface area contributed by atoms with Crippen molar-refractivity contribution in [3.63, 3.8) is 0 Å². The third-order valence-corrected chi connectivity index (χ3v) is 11.0. The summed E-state index contributed by atoms with van der Waals surface area (Å²) in [7, 11) is 2.61. The number of ether oxygens (including phenoxy) is 1. The maximum Gasteiger partial charge on any atom is 0.116 e. The van der Waals surface area contributed by atoms with E-state index in [9.17, 15) is 0 Å². The molecule has 0 aliphatic carbocycles. The first kappa shape index (κ1) is 17.9. The van der Waals surface area contributed by atoms with Gasteiger partial charge in [-0.2, -0.15) is 0 Å². The molecule has 0 aliphatic rings. The van der Waals surface area contributed by atoms with E-state index in [4.69, 9.17) is 4.74 Å². The molecule has 1 unspecified atom stereocenters. The lowest BCUT2D eigenvalue weighted by molar-refractivity contribution is 0.0394. The van der Waals surface area contributed by atoms with E-state index in [1.807, 2.05) is 21.6 Å². The van der Waals surface area contributed by atoms with Crippen molar-refractivity contribution in [2.24, 2.45) is 0 Å². The molecule has 0 spiro atoms. The van der Waals surface area contributed by atoms with Crippen LogP contribution in [0.2, 0.25) is 24.7 Å². The molecule has 0 rings (SSSR count). The van der Waals surface area contributed by atoms with Crippen LogP contribution < -0.4 is 0 Å². The van der Waals surface area contributed by atoms with Crippen molar-refractivity contribution in [2.75, 3.05) is 0 Å². The molecule has 104 valence electrons. The Labute approximate surface area is 117 Å². The van der Waals surface area contributed by atoms with Crippen molar-refractivity contribution in [1.29, 1.82) is 0 Å². The van der Waals surface area contributed by atoms with Gasteiger partial charge in [-0.3, -0.25) is 0 Å². The highest BCUT2D eigenvalue weighted by molar-refractivity contribution is 8.77. The van der Waals surface area contributed by atoms with Gasteiger partial charge in [-0.1, -0.05) is 68.9 Å². The average Bonchev–Trinajstić information content (AvgIpc) is 2.09. The first-order valence-corrected chi connectivity index (χ1v) is 12.2. The van der Waals surface area contributed by atoms with Crippen LogP contribution in [0.4, 0.5) is 0 Å². The van der Waals surface area contributed by atoms with Gasteiger partial charge in [-0.05, 0) is 18.9 Å². The second-order valence-corrected chi connectivity index (χ2v) is 15.4. The minimum Gasteiger partial charge on any atom is -0.364 e. The Kier molecular flexibility index (Phi) is 7.23. The maximum absolute atomic E-state index is 6.17. The van der Waals surface area contributed by atoms with E-state index in [0.29, 0.717) is 16.8 Å². The van der Waals surface area contributed by atoms with Gasteiger partial charge in [0.25, 0.3) is 0 Å². The summed E-state index contributed by atoms with van der Waals surface area (Å²) in [5.74, 6) is 0. The molecular weight excluding hydrogens is 264 g/mol. The summed E-state index contributed by atoms with van der Waals surface area (Å²) in [6.07, 6.45) is 0.302. The van der Waals surface area contributed by atoms with Gasteiger partial charge in [0, 0.05) is 5.25 Å². The summed E-state index contributed by atoms with van der Waals surface area (Å²) in [5.41, 5.74) is 0.293. The fourth-order valence-electron chi connectivity index (χ4n) is 1.08. The fourth-order valence-corrected chi connectivity index (χ4v) is 6.00. The molecule has 0 radical (unpaired) electrons. The van der Waals surface area contributed by atoms with Gasteiger partial charge in [0.1, 0.15) is 5.44 Å². The summed E-state index contributed by atoms with van der Waals surface area (Å²) in [6.45, 7) is 20.8. The zero-order valence-electron chi connectivity index (χ0n) is 13.0. The van der Waals surface area contributed by atoms with Crippen LogP contribution in [0.1, 0.15) is 41.5 Å². The first-order valence-electron chi connectivity index (χ1n) is 6.46. The Balaban J connectivity index is 4.78. The first-order chi connectivity index (χ1) is 7.48. The molecule has 0 heterocycles. The molecule has 17 heavy (non-hydrogen) atoms. The van der Waals surface area contributed by atoms with E-state index in [1.165, 1.54) is 0 Å². The molecule has 0 saturated carbocycles. The van der Waals surface area contributed by atoms with Gasteiger partial charge in [-0.25, -0.2) is 0 Å². The summed E-state index contributed by atoms with van der Waals surface area (Å²) in [5, 5.41) is 0.930. The van der Waals surface area contributed by atoms with Crippen molar-refractivity contribution in [2.45, 2.75) is 83.0 Å². The summed E-state index contributed by atoms with van der Waals surface area (Å²) >= 11 is 0. The van der Waals surface area contributed by atoms with Crippen molar-refractivity contribution < 1.29 is 4.74 Å². The molecule has 0 N–H and O–H groups in total. The fraction of sp³-hybridized carbons (Fsp3) is 1.00. The normalized spacial score (nSPS) is 15.7. The van der Waals surface area contributed by atoms with Gasteiger partial charge in [0.05, 0.1) is 14.2 Å². The Morgan fingerprint density at radius 3 is 1.71 bits per heavy atom.